The van der Waals surface area contributed by atoms with E-state index in [1.54, 1.807) is 12.1 Å². The van der Waals surface area contributed by atoms with E-state index >= 15 is 0 Å². The average molecular weight is 420 g/mol. The molecule has 162 valence electrons. The molecule has 0 saturated carbocycles. The molecular weight excluding hydrogens is 390 g/mol. The summed E-state index contributed by atoms with van der Waals surface area (Å²) in [6, 6.07) is 17.7. The summed E-state index contributed by atoms with van der Waals surface area (Å²) >= 11 is 0. The number of piperazine rings is 1. The fourth-order valence-electron chi connectivity index (χ4n) is 4.04. The summed E-state index contributed by atoms with van der Waals surface area (Å²) in [5.74, 6) is 0.238. The van der Waals surface area contributed by atoms with E-state index in [1.807, 2.05) is 23.1 Å². The van der Waals surface area contributed by atoms with Gasteiger partial charge in [0.25, 0.3) is 5.56 Å². The lowest BCUT2D eigenvalue weighted by molar-refractivity contribution is -0.133. The third-order valence-electron chi connectivity index (χ3n) is 5.86. The Kier molecular flexibility index (Phi) is 7.04. The number of unbranched alkanes of at least 4 members (excludes halogenated alkanes) is 2. The van der Waals surface area contributed by atoms with Crippen molar-refractivity contribution in [2.45, 2.75) is 38.8 Å². The maximum absolute atomic E-state index is 12.5. The first-order valence-electron chi connectivity index (χ1n) is 11.1. The predicted molar refractivity (Wildman–Crippen MR) is 121 cm³/mol. The molecule has 0 aliphatic carbocycles. The van der Waals surface area contributed by atoms with Gasteiger partial charge in [-0.05, 0) is 30.5 Å². The molecule has 2 heterocycles. The van der Waals surface area contributed by atoms with E-state index in [2.05, 4.69) is 39.5 Å². The van der Waals surface area contributed by atoms with Gasteiger partial charge in [0.2, 0.25) is 5.91 Å². The van der Waals surface area contributed by atoms with Crippen LogP contribution in [0.15, 0.2) is 59.4 Å². The summed E-state index contributed by atoms with van der Waals surface area (Å²) < 4.78 is 1.43. The van der Waals surface area contributed by atoms with Crippen molar-refractivity contribution in [3.8, 4) is 0 Å². The zero-order valence-corrected chi connectivity index (χ0v) is 17.8. The maximum Gasteiger partial charge on any atom is 0.277 e. The van der Waals surface area contributed by atoms with Crippen LogP contribution in [0, 0.1) is 0 Å². The molecule has 0 bridgehead atoms. The smallest absolute Gasteiger partial charge is 0.277 e. The summed E-state index contributed by atoms with van der Waals surface area (Å²) in [5, 5.41) is 8.73. The van der Waals surface area contributed by atoms with Gasteiger partial charge in [0.15, 0.2) is 0 Å². The summed E-state index contributed by atoms with van der Waals surface area (Å²) in [6.07, 6.45) is 3.10. The maximum atomic E-state index is 12.5. The molecule has 1 fully saturated rings. The summed E-state index contributed by atoms with van der Waals surface area (Å²) in [7, 11) is 0. The van der Waals surface area contributed by atoms with Crippen molar-refractivity contribution in [2.75, 3.05) is 26.2 Å². The monoisotopic (exact) mass is 419 g/mol. The molecule has 1 aromatic heterocycles. The fraction of sp³-hybridized carbons (Fsp3) is 0.417. The number of rotatable bonds is 8. The molecule has 0 unspecified atom stereocenters. The Morgan fingerprint density at radius 3 is 2.42 bits per heavy atom. The fourth-order valence-corrected chi connectivity index (χ4v) is 4.04. The number of hydrogen-bond donors (Lipinski definition) is 0. The van der Waals surface area contributed by atoms with E-state index in [0.29, 0.717) is 23.9 Å². The molecule has 1 aliphatic rings. The molecule has 7 nitrogen and oxygen atoms in total. The van der Waals surface area contributed by atoms with E-state index in [9.17, 15) is 9.59 Å². The van der Waals surface area contributed by atoms with Gasteiger partial charge in [0.05, 0.1) is 5.39 Å². The molecule has 0 N–H and O–H groups in total. The van der Waals surface area contributed by atoms with Gasteiger partial charge in [-0.2, -0.15) is 0 Å². The number of amides is 1. The van der Waals surface area contributed by atoms with Crippen LogP contribution in [-0.4, -0.2) is 56.9 Å². The molecule has 4 rings (SSSR count). The van der Waals surface area contributed by atoms with E-state index < -0.39 is 0 Å². The van der Waals surface area contributed by atoms with Crippen LogP contribution >= 0.6 is 0 Å². The molecule has 0 atom stereocenters. The number of benzene rings is 2. The normalized spacial score (nSPS) is 14.8. The number of aryl methyl sites for hydroxylation is 1. The van der Waals surface area contributed by atoms with Gasteiger partial charge in [-0.15, -0.1) is 5.10 Å². The van der Waals surface area contributed by atoms with Gasteiger partial charge in [0, 0.05) is 45.7 Å². The minimum Gasteiger partial charge on any atom is -0.340 e. The van der Waals surface area contributed by atoms with E-state index in [0.717, 1.165) is 52.0 Å². The molecule has 7 heteroatoms. The van der Waals surface area contributed by atoms with Crippen LogP contribution in [0.25, 0.3) is 10.9 Å². The van der Waals surface area contributed by atoms with E-state index in [4.69, 9.17) is 0 Å². The quantitative estimate of drug-likeness (QED) is 0.525. The summed E-state index contributed by atoms with van der Waals surface area (Å²) in [5.41, 5.74) is 1.84. The number of aromatic nitrogens is 3. The topological polar surface area (TPSA) is 71.3 Å². The Bertz CT molecular complexity index is 1060. The Morgan fingerprint density at radius 2 is 1.61 bits per heavy atom. The van der Waals surface area contributed by atoms with E-state index in [1.165, 1.54) is 10.2 Å². The third kappa shape index (κ3) is 5.55. The Hall–Kier alpha value is -3.06. The molecule has 0 spiro atoms. The van der Waals surface area contributed by atoms with Gasteiger partial charge in [-0.25, -0.2) is 4.68 Å². The zero-order chi connectivity index (χ0) is 21.5. The van der Waals surface area contributed by atoms with Gasteiger partial charge >= 0.3 is 0 Å². The van der Waals surface area contributed by atoms with Crippen LogP contribution in [-0.2, 0) is 17.9 Å². The van der Waals surface area contributed by atoms with Crippen LogP contribution in [0.2, 0.25) is 0 Å². The van der Waals surface area contributed by atoms with Crippen LogP contribution < -0.4 is 5.56 Å². The predicted octanol–water partition coefficient (Wildman–Crippen LogP) is 2.70. The minimum absolute atomic E-state index is 0.102. The first-order valence-corrected chi connectivity index (χ1v) is 11.1. The standard InChI is InChI=1S/C24H29N5O2/c30-23(28-17-15-27(16-18-28)19-20-9-3-1-4-10-20)13-5-2-8-14-29-24(31)21-11-6-7-12-22(21)25-26-29/h1,3-4,6-7,9-12H,2,5,8,13-19H2. The minimum atomic E-state index is -0.102. The van der Waals surface area contributed by atoms with Gasteiger partial charge in [-0.1, -0.05) is 54.1 Å². The Balaban J connectivity index is 1.15. The van der Waals surface area contributed by atoms with Gasteiger partial charge < -0.3 is 4.90 Å². The first-order chi connectivity index (χ1) is 15.2. The first kappa shape index (κ1) is 21.2. The SMILES string of the molecule is O=C(CCCCCn1nnc2ccccc2c1=O)N1CCN(Cc2ccccc2)CC1. The van der Waals surface area contributed by atoms with Gasteiger partial charge in [0.1, 0.15) is 5.52 Å². The van der Waals surface area contributed by atoms with Crippen molar-refractivity contribution >= 4 is 16.8 Å². The van der Waals surface area contributed by atoms with Crippen molar-refractivity contribution in [2.24, 2.45) is 0 Å². The highest BCUT2D eigenvalue weighted by Gasteiger charge is 2.20. The highest BCUT2D eigenvalue weighted by Crippen LogP contribution is 2.11. The lowest BCUT2D eigenvalue weighted by Gasteiger charge is -2.34. The second-order valence-corrected chi connectivity index (χ2v) is 8.09. The summed E-state index contributed by atoms with van der Waals surface area (Å²) in [4.78, 5) is 29.4. The van der Waals surface area contributed by atoms with Crippen molar-refractivity contribution < 1.29 is 4.79 Å². The zero-order valence-electron chi connectivity index (χ0n) is 17.8. The number of nitrogens with zero attached hydrogens (tertiary/aromatic N) is 5. The van der Waals surface area contributed by atoms with E-state index in [-0.39, 0.29) is 11.5 Å². The molecule has 0 radical (unpaired) electrons. The highest BCUT2D eigenvalue weighted by molar-refractivity contribution is 5.76. The van der Waals surface area contributed by atoms with Crippen LogP contribution in [0.4, 0.5) is 0 Å². The van der Waals surface area contributed by atoms with Crippen LogP contribution in [0.5, 0.6) is 0 Å². The third-order valence-corrected chi connectivity index (χ3v) is 5.86. The Morgan fingerprint density at radius 1 is 0.871 bits per heavy atom. The largest absolute Gasteiger partial charge is 0.340 e. The molecule has 31 heavy (non-hydrogen) atoms. The molecule has 2 aromatic carbocycles. The molecule has 1 amide bonds. The number of hydrogen-bond acceptors (Lipinski definition) is 5. The van der Waals surface area contributed by atoms with Crippen molar-refractivity contribution in [1.29, 1.82) is 0 Å². The second-order valence-electron chi connectivity index (χ2n) is 8.09. The number of carbonyl (C=O) groups is 1. The number of fused-ring (bicyclic) bond motifs is 1. The lowest BCUT2D eigenvalue weighted by Crippen LogP contribution is -2.48. The average Bonchev–Trinajstić information content (AvgIpc) is 2.81. The molecule has 1 saturated heterocycles. The van der Waals surface area contributed by atoms with Crippen molar-refractivity contribution in [3.05, 3.63) is 70.5 Å². The highest BCUT2D eigenvalue weighted by atomic mass is 16.2. The van der Waals surface area contributed by atoms with Gasteiger partial charge in [-0.3, -0.25) is 14.5 Å². The Labute approximate surface area is 182 Å². The van der Waals surface area contributed by atoms with Crippen LogP contribution in [0.1, 0.15) is 31.2 Å². The summed E-state index contributed by atoms with van der Waals surface area (Å²) in [6.45, 7) is 4.92. The number of carbonyl (C=O) groups excluding carboxylic acids is 1. The molecule has 3 aromatic rings. The molecule has 1 aliphatic heterocycles. The second kappa shape index (κ2) is 10.3. The van der Waals surface area contributed by atoms with Crippen LogP contribution in [0.3, 0.4) is 0 Å². The lowest BCUT2D eigenvalue weighted by atomic mass is 10.1. The van der Waals surface area contributed by atoms with Crippen molar-refractivity contribution in [3.63, 3.8) is 0 Å². The van der Waals surface area contributed by atoms with Crippen molar-refractivity contribution in [1.82, 2.24) is 24.8 Å². The molecular formula is C24H29N5O2.